The van der Waals surface area contributed by atoms with Crippen molar-refractivity contribution in [2.75, 3.05) is 18.2 Å². The highest BCUT2D eigenvalue weighted by atomic mass is 16.5. The number of unbranched alkanes of at least 4 members (excludes halogenated alkanes) is 1. The van der Waals surface area contributed by atoms with Gasteiger partial charge in [0.05, 0.1) is 7.11 Å². The van der Waals surface area contributed by atoms with Gasteiger partial charge in [0, 0.05) is 34.9 Å². The van der Waals surface area contributed by atoms with Gasteiger partial charge in [0.25, 0.3) is 0 Å². The van der Waals surface area contributed by atoms with Crippen molar-refractivity contribution in [3.63, 3.8) is 0 Å². The van der Waals surface area contributed by atoms with Crippen molar-refractivity contribution >= 4 is 17.1 Å². The average molecular weight is 374 g/mol. The molecule has 1 heterocycles. The van der Waals surface area contributed by atoms with Crippen molar-refractivity contribution in [1.29, 1.82) is 0 Å². The number of aromatic nitrogens is 1. The van der Waals surface area contributed by atoms with Crippen LogP contribution < -0.4 is 15.8 Å². The number of nitrogens with zero attached hydrogens (tertiary/aromatic N) is 1. The number of pyridine rings is 1. The van der Waals surface area contributed by atoms with Gasteiger partial charge in [0.2, 0.25) is 0 Å². The van der Waals surface area contributed by atoms with Gasteiger partial charge >= 0.3 is 0 Å². The average Bonchev–Trinajstić information content (AvgIpc) is 2.74. The van der Waals surface area contributed by atoms with Crippen LogP contribution in [0.3, 0.4) is 0 Å². The maximum atomic E-state index is 5.67. The second-order valence-corrected chi connectivity index (χ2v) is 6.16. The summed E-state index contributed by atoms with van der Waals surface area (Å²) in [6.07, 6.45) is 4.37. The van der Waals surface area contributed by atoms with Crippen molar-refractivity contribution in [2.45, 2.75) is 26.7 Å². The van der Waals surface area contributed by atoms with Crippen LogP contribution in [0, 0.1) is 11.8 Å². The Morgan fingerprint density at radius 1 is 0.929 bits per heavy atom. The molecule has 0 aliphatic heterocycles. The highest BCUT2D eigenvalue weighted by Crippen LogP contribution is 2.21. The van der Waals surface area contributed by atoms with Crippen LogP contribution >= 0.6 is 0 Å². The molecular formula is C24H27N3O. The predicted molar refractivity (Wildman–Crippen MR) is 118 cm³/mol. The Morgan fingerprint density at radius 2 is 1.64 bits per heavy atom. The lowest BCUT2D eigenvalue weighted by atomic mass is 10.2. The fourth-order valence-electron chi connectivity index (χ4n) is 2.15. The molecule has 3 rings (SSSR count). The first-order chi connectivity index (χ1) is 13.6. The van der Waals surface area contributed by atoms with Gasteiger partial charge in [-0.15, -0.1) is 0 Å². The van der Waals surface area contributed by atoms with E-state index in [9.17, 15) is 0 Å². The van der Waals surface area contributed by atoms with Crippen LogP contribution in [0.1, 0.15) is 37.9 Å². The lowest BCUT2D eigenvalue weighted by Gasteiger charge is -2.08. The minimum Gasteiger partial charge on any atom is -0.497 e. The van der Waals surface area contributed by atoms with E-state index >= 15 is 0 Å². The van der Waals surface area contributed by atoms with E-state index in [1.54, 1.807) is 13.3 Å². The standard InChI is InChI=1S/C20H17N3O.C4H10/c1-24-20-4-2-3-18(14-20)23-19-11-12-22-17(13-19)10-7-15-5-8-16(21)9-6-15;1-3-4-2/h2-6,8-9,11-14H,21H2,1H3,(H,22,23);3-4H2,1-2H3. The number of nitrogens with one attached hydrogen (secondary N) is 1. The van der Waals surface area contributed by atoms with Gasteiger partial charge in [-0.3, -0.25) is 0 Å². The number of nitrogen functional groups attached to an aromatic ring is 1. The van der Waals surface area contributed by atoms with E-state index < -0.39 is 0 Å². The second-order valence-electron chi connectivity index (χ2n) is 6.16. The van der Waals surface area contributed by atoms with Crippen molar-refractivity contribution in [3.8, 4) is 17.6 Å². The van der Waals surface area contributed by atoms with Crippen molar-refractivity contribution in [1.82, 2.24) is 4.98 Å². The van der Waals surface area contributed by atoms with Crippen molar-refractivity contribution in [2.24, 2.45) is 0 Å². The van der Waals surface area contributed by atoms with Gasteiger partial charge in [0.15, 0.2) is 0 Å². The molecule has 3 N–H and O–H groups in total. The fourth-order valence-corrected chi connectivity index (χ4v) is 2.15. The zero-order valence-corrected chi connectivity index (χ0v) is 16.7. The third-order valence-corrected chi connectivity index (χ3v) is 3.86. The highest BCUT2D eigenvalue weighted by Gasteiger charge is 1.98. The molecule has 0 unspecified atom stereocenters. The Kier molecular flexibility index (Phi) is 8.42. The minimum atomic E-state index is 0.694. The molecule has 0 spiro atoms. The number of hydrogen-bond donors (Lipinski definition) is 2. The van der Waals surface area contributed by atoms with E-state index in [1.165, 1.54) is 12.8 Å². The molecule has 4 heteroatoms. The summed E-state index contributed by atoms with van der Waals surface area (Å²) in [6, 6.07) is 19.0. The topological polar surface area (TPSA) is 60.2 Å². The maximum Gasteiger partial charge on any atom is 0.120 e. The van der Waals surface area contributed by atoms with E-state index in [1.807, 2.05) is 60.7 Å². The Labute approximate surface area is 167 Å². The molecule has 1 aromatic heterocycles. The van der Waals surface area contributed by atoms with E-state index in [2.05, 4.69) is 36.0 Å². The minimum absolute atomic E-state index is 0.694. The third kappa shape index (κ3) is 7.05. The summed E-state index contributed by atoms with van der Waals surface area (Å²) >= 11 is 0. The summed E-state index contributed by atoms with van der Waals surface area (Å²) in [7, 11) is 1.65. The van der Waals surface area contributed by atoms with Crippen molar-refractivity contribution < 1.29 is 4.74 Å². The predicted octanol–water partition coefficient (Wildman–Crippen LogP) is 5.62. The number of anilines is 3. The van der Waals surface area contributed by atoms with Crippen molar-refractivity contribution in [3.05, 3.63) is 78.1 Å². The molecule has 0 fully saturated rings. The number of rotatable bonds is 4. The molecule has 4 nitrogen and oxygen atoms in total. The van der Waals surface area contributed by atoms with Crippen LogP contribution in [0.15, 0.2) is 66.9 Å². The zero-order valence-electron chi connectivity index (χ0n) is 16.7. The monoisotopic (exact) mass is 373 g/mol. The number of nitrogens with two attached hydrogens (primary N) is 1. The van der Waals surface area contributed by atoms with Gasteiger partial charge in [-0.2, -0.15) is 0 Å². The largest absolute Gasteiger partial charge is 0.497 e. The van der Waals surface area contributed by atoms with E-state index in [-0.39, 0.29) is 0 Å². The van der Waals surface area contributed by atoms with Gasteiger partial charge < -0.3 is 15.8 Å². The summed E-state index contributed by atoms with van der Waals surface area (Å²) in [5, 5.41) is 3.32. The van der Waals surface area contributed by atoms with Crippen LogP contribution in [-0.2, 0) is 0 Å². The van der Waals surface area contributed by atoms with E-state index in [4.69, 9.17) is 10.5 Å². The number of methoxy groups -OCH3 is 1. The summed E-state index contributed by atoms with van der Waals surface area (Å²) in [6.45, 7) is 4.36. The number of benzene rings is 2. The molecular weight excluding hydrogens is 346 g/mol. The van der Waals surface area contributed by atoms with Gasteiger partial charge in [-0.1, -0.05) is 38.7 Å². The molecule has 0 bridgehead atoms. The van der Waals surface area contributed by atoms with Crippen LogP contribution in [-0.4, -0.2) is 12.1 Å². The first kappa shape index (κ1) is 20.9. The van der Waals surface area contributed by atoms with Gasteiger partial charge in [-0.25, -0.2) is 4.98 Å². The molecule has 0 saturated heterocycles. The Hall–Kier alpha value is -3.45. The van der Waals surface area contributed by atoms with Crippen LogP contribution in [0.2, 0.25) is 0 Å². The van der Waals surface area contributed by atoms with Gasteiger partial charge in [0.1, 0.15) is 11.4 Å². The van der Waals surface area contributed by atoms with Crippen LogP contribution in [0.4, 0.5) is 17.1 Å². The van der Waals surface area contributed by atoms with Crippen LogP contribution in [0.5, 0.6) is 5.75 Å². The molecule has 3 aromatic rings. The smallest absolute Gasteiger partial charge is 0.120 e. The Bertz CT molecular complexity index is 922. The normalized spacial score (nSPS) is 9.39. The summed E-state index contributed by atoms with van der Waals surface area (Å²) in [5.74, 6) is 6.95. The highest BCUT2D eigenvalue weighted by molar-refractivity contribution is 5.62. The molecule has 0 amide bonds. The number of ether oxygens (including phenoxy) is 1. The van der Waals surface area contributed by atoms with Gasteiger partial charge in [-0.05, 0) is 54.5 Å². The maximum absolute atomic E-state index is 5.67. The second kappa shape index (κ2) is 11.3. The first-order valence-corrected chi connectivity index (χ1v) is 9.39. The summed E-state index contributed by atoms with van der Waals surface area (Å²) in [4.78, 5) is 4.28. The van der Waals surface area contributed by atoms with E-state index in [0.29, 0.717) is 5.69 Å². The first-order valence-electron chi connectivity index (χ1n) is 9.39. The lowest BCUT2D eigenvalue weighted by molar-refractivity contribution is 0.415. The molecule has 0 aliphatic rings. The molecule has 0 atom stereocenters. The molecule has 0 radical (unpaired) electrons. The molecule has 144 valence electrons. The lowest BCUT2D eigenvalue weighted by Crippen LogP contribution is -1.93. The summed E-state index contributed by atoms with van der Waals surface area (Å²) in [5.41, 5.74) is 9.85. The zero-order chi connectivity index (χ0) is 20.2. The van der Waals surface area contributed by atoms with E-state index in [0.717, 1.165) is 28.4 Å². The third-order valence-electron chi connectivity index (χ3n) is 3.86. The molecule has 0 saturated carbocycles. The molecule has 2 aromatic carbocycles. The SMILES string of the molecule is CCCC.COc1cccc(Nc2ccnc(C#Cc3ccc(N)cc3)c2)c1. The number of hydrogen-bond acceptors (Lipinski definition) is 4. The summed E-state index contributed by atoms with van der Waals surface area (Å²) < 4.78 is 5.23. The fraction of sp³-hybridized carbons (Fsp3) is 0.208. The molecule has 0 aliphatic carbocycles. The molecule has 28 heavy (non-hydrogen) atoms. The van der Waals surface area contributed by atoms with Crippen LogP contribution in [0.25, 0.3) is 0 Å². The quantitative estimate of drug-likeness (QED) is 0.460. The Morgan fingerprint density at radius 3 is 2.32 bits per heavy atom. The Balaban J connectivity index is 0.000000640.